The number of nitrogens with one attached hydrogen (secondary N) is 1. The third kappa shape index (κ3) is 4.10. The lowest BCUT2D eigenvalue weighted by atomic mass is 10.0. The first-order valence-corrected chi connectivity index (χ1v) is 11.2. The monoisotopic (exact) mass is 428 g/mol. The van der Waals surface area contributed by atoms with E-state index < -0.39 is 0 Å². The van der Waals surface area contributed by atoms with Crippen LogP contribution in [-0.4, -0.2) is 39.2 Å². The number of hydrogen-bond acceptors (Lipinski definition) is 6. The van der Waals surface area contributed by atoms with Crippen LogP contribution in [0.15, 0.2) is 60.9 Å². The van der Waals surface area contributed by atoms with Crippen LogP contribution in [0.4, 0.5) is 11.8 Å². The van der Waals surface area contributed by atoms with Crippen LogP contribution in [0.1, 0.15) is 31.0 Å². The van der Waals surface area contributed by atoms with E-state index in [0.29, 0.717) is 13.2 Å². The molecule has 164 valence electrons. The van der Waals surface area contributed by atoms with Gasteiger partial charge in [0, 0.05) is 19.1 Å². The molecule has 2 aromatic heterocycles. The van der Waals surface area contributed by atoms with Gasteiger partial charge in [0.15, 0.2) is 17.0 Å². The van der Waals surface area contributed by atoms with Gasteiger partial charge in [0.1, 0.15) is 12.4 Å². The number of nitrogens with zero attached hydrogens (tertiary/aromatic N) is 5. The largest absolute Gasteiger partial charge is 0.492 e. The Hall–Kier alpha value is -3.61. The van der Waals surface area contributed by atoms with Gasteiger partial charge in [-0.2, -0.15) is 9.97 Å². The lowest BCUT2D eigenvalue weighted by Gasteiger charge is -2.29. The van der Waals surface area contributed by atoms with E-state index in [0.717, 1.165) is 48.2 Å². The molecular weight excluding hydrogens is 400 g/mol. The van der Waals surface area contributed by atoms with Crippen molar-refractivity contribution in [3.8, 4) is 5.75 Å². The van der Waals surface area contributed by atoms with Crippen LogP contribution in [0.3, 0.4) is 0 Å². The normalized spacial score (nSPS) is 13.4. The van der Waals surface area contributed by atoms with E-state index in [-0.39, 0.29) is 6.04 Å². The van der Waals surface area contributed by atoms with E-state index in [9.17, 15) is 0 Å². The van der Waals surface area contributed by atoms with Crippen LogP contribution < -0.4 is 15.0 Å². The van der Waals surface area contributed by atoms with Crippen molar-refractivity contribution in [3.05, 3.63) is 72.1 Å². The van der Waals surface area contributed by atoms with Gasteiger partial charge in [0.05, 0.1) is 12.9 Å². The second-order valence-corrected chi connectivity index (χ2v) is 8.32. The van der Waals surface area contributed by atoms with E-state index in [1.54, 1.807) is 0 Å². The molecule has 0 radical (unpaired) electrons. The maximum Gasteiger partial charge on any atom is 0.229 e. The minimum absolute atomic E-state index is 0.263. The molecular formula is C25H28N6O. The minimum Gasteiger partial charge on any atom is -0.492 e. The predicted octanol–water partition coefficient (Wildman–Crippen LogP) is 4.46. The second kappa shape index (κ2) is 8.86. The Morgan fingerprint density at radius 2 is 1.78 bits per heavy atom. The molecule has 5 rings (SSSR count). The quantitative estimate of drug-likeness (QED) is 0.438. The van der Waals surface area contributed by atoms with E-state index in [1.807, 2.05) is 36.7 Å². The van der Waals surface area contributed by atoms with Crippen molar-refractivity contribution in [1.82, 2.24) is 19.5 Å². The summed E-state index contributed by atoms with van der Waals surface area (Å²) >= 11 is 0. The van der Waals surface area contributed by atoms with E-state index >= 15 is 0 Å². The molecule has 1 aliphatic rings. The first-order chi connectivity index (χ1) is 15.7. The van der Waals surface area contributed by atoms with Crippen molar-refractivity contribution in [3.63, 3.8) is 0 Å². The number of benzene rings is 2. The van der Waals surface area contributed by atoms with Crippen molar-refractivity contribution in [2.24, 2.45) is 0 Å². The van der Waals surface area contributed by atoms with Crippen molar-refractivity contribution < 1.29 is 4.74 Å². The number of hydrogen-bond donors (Lipinski definition) is 1. The Morgan fingerprint density at radius 1 is 1.00 bits per heavy atom. The smallest absolute Gasteiger partial charge is 0.229 e. The molecule has 1 aliphatic heterocycles. The molecule has 0 amide bonds. The Balaban J connectivity index is 1.40. The molecule has 2 aromatic carbocycles. The third-order valence-electron chi connectivity index (χ3n) is 5.79. The fourth-order valence-electron chi connectivity index (χ4n) is 4.07. The van der Waals surface area contributed by atoms with Gasteiger partial charge in [0.2, 0.25) is 5.95 Å². The van der Waals surface area contributed by atoms with E-state index in [1.165, 1.54) is 11.1 Å². The first-order valence-electron chi connectivity index (χ1n) is 11.2. The number of anilines is 2. The summed E-state index contributed by atoms with van der Waals surface area (Å²) in [6.45, 7) is 7.15. The summed E-state index contributed by atoms with van der Waals surface area (Å²) < 4.78 is 7.93. The molecule has 0 bridgehead atoms. The third-order valence-corrected chi connectivity index (χ3v) is 5.79. The average molecular weight is 429 g/mol. The van der Waals surface area contributed by atoms with Crippen LogP contribution in [0.5, 0.6) is 5.75 Å². The lowest BCUT2D eigenvalue weighted by Crippen LogP contribution is -2.32. The number of aromatic nitrogens is 4. The predicted molar refractivity (Wildman–Crippen MR) is 127 cm³/mol. The fourth-order valence-corrected chi connectivity index (χ4v) is 4.07. The summed E-state index contributed by atoms with van der Waals surface area (Å²) in [5.41, 5.74) is 4.40. The van der Waals surface area contributed by atoms with Crippen molar-refractivity contribution in [2.45, 2.75) is 32.9 Å². The van der Waals surface area contributed by atoms with Crippen LogP contribution in [0.25, 0.3) is 11.2 Å². The van der Waals surface area contributed by atoms with Crippen molar-refractivity contribution >= 4 is 22.9 Å². The topological polar surface area (TPSA) is 68.1 Å². The van der Waals surface area contributed by atoms with Gasteiger partial charge in [-0.15, -0.1) is 0 Å². The summed E-state index contributed by atoms with van der Waals surface area (Å²) in [7, 11) is 0. The Kier molecular flexibility index (Phi) is 5.62. The molecule has 0 saturated carbocycles. The van der Waals surface area contributed by atoms with E-state index in [2.05, 4.69) is 57.9 Å². The van der Waals surface area contributed by atoms with Crippen molar-refractivity contribution in [1.29, 1.82) is 0 Å². The number of para-hydroxylation sites is 1. The van der Waals surface area contributed by atoms with Crippen molar-refractivity contribution in [2.75, 3.05) is 29.9 Å². The molecule has 0 spiro atoms. The highest BCUT2D eigenvalue weighted by Crippen LogP contribution is 2.27. The van der Waals surface area contributed by atoms with Gasteiger partial charge < -0.3 is 19.5 Å². The summed E-state index contributed by atoms with van der Waals surface area (Å²) in [6, 6.07) is 18.7. The zero-order valence-electron chi connectivity index (χ0n) is 18.5. The van der Waals surface area contributed by atoms with E-state index in [4.69, 9.17) is 14.7 Å². The zero-order chi connectivity index (χ0) is 21.9. The zero-order valence-corrected chi connectivity index (χ0v) is 18.5. The maximum atomic E-state index is 5.83. The molecule has 32 heavy (non-hydrogen) atoms. The highest BCUT2D eigenvalue weighted by atomic mass is 16.5. The summed E-state index contributed by atoms with van der Waals surface area (Å²) in [5.74, 6) is 2.35. The van der Waals surface area contributed by atoms with Crippen LogP contribution in [0, 0.1) is 0 Å². The highest BCUT2D eigenvalue weighted by Gasteiger charge is 2.22. The van der Waals surface area contributed by atoms with Gasteiger partial charge >= 0.3 is 0 Å². The average Bonchev–Trinajstić information content (AvgIpc) is 3.27. The summed E-state index contributed by atoms with van der Waals surface area (Å²) in [6.07, 6.45) is 2.85. The number of fused-ring (bicyclic) bond motifs is 2. The molecule has 7 heteroatoms. The Morgan fingerprint density at radius 3 is 2.59 bits per heavy atom. The molecule has 0 fully saturated rings. The van der Waals surface area contributed by atoms with Gasteiger partial charge in [-0.05, 0) is 43.5 Å². The van der Waals surface area contributed by atoms with Gasteiger partial charge in [0.25, 0.3) is 0 Å². The molecule has 1 N–H and O–H groups in total. The maximum absolute atomic E-state index is 5.83. The van der Waals surface area contributed by atoms with Gasteiger partial charge in [-0.1, -0.05) is 42.5 Å². The minimum atomic E-state index is 0.263. The van der Waals surface area contributed by atoms with Gasteiger partial charge in [-0.3, -0.25) is 0 Å². The first kappa shape index (κ1) is 20.3. The van der Waals surface area contributed by atoms with Crippen LogP contribution in [-0.2, 0) is 13.0 Å². The fraction of sp³-hybridized carbons (Fsp3) is 0.320. The molecule has 0 saturated heterocycles. The Bertz CT molecular complexity index is 1200. The van der Waals surface area contributed by atoms with Crippen LogP contribution in [0.2, 0.25) is 0 Å². The molecule has 0 atom stereocenters. The summed E-state index contributed by atoms with van der Waals surface area (Å²) in [4.78, 5) is 16.7. The lowest BCUT2D eigenvalue weighted by molar-refractivity contribution is 0.333. The number of ether oxygens (including phenoxy) is 1. The number of imidazole rings is 1. The molecule has 4 aromatic rings. The number of rotatable bonds is 7. The van der Waals surface area contributed by atoms with Gasteiger partial charge in [-0.25, -0.2) is 4.98 Å². The Labute approximate surface area is 188 Å². The molecule has 0 aliphatic carbocycles. The summed E-state index contributed by atoms with van der Waals surface area (Å²) in [5, 5.41) is 3.43. The SMILES string of the molecule is CC(C)n1cnc2c(NCCOc3ccccc3)nc(N3CCc4ccccc4C3)nc21. The highest BCUT2D eigenvalue weighted by molar-refractivity contribution is 5.84. The molecule has 0 unspecified atom stereocenters. The molecule has 7 nitrogen and oxygen atoms in total. The van der Waals surface area contributed by atoms with Crippen LogP contribution >= 0.6 is 0 Å². The molecule has 3 heterocycles. The second-order valence-electron chi connectivity index (χ2n) is 8.32. The standard InChI is InChI=1S/C25H28N6O/c1-18(2)31-17-27-22-23(26-13-15-32-21-10-4-3-5-11-21)28-25(29-24(22)31)30-14-12-19-8-6-7-9-20(19)16-30/h3-11,17-18H,12-16H2,1-2H3,(H,26,28,29).